The van der Waals surface area contributed by atoms with Crippen molar-refractivity contribution < 1.29 is 4.79 Å². The van der Waals surface area contributed by atoms with Crippen molar-refractivity contribution in [1.82, 2.24) is 20.2 Å². The Morgan fingerprint density at radius 1 is 1.47 bits per heavy atom. The number of hydrogen-bond acceptors (Lipinski definition) is 5. The lowest BCUT2D eigenvalue weighted by molar-refractivity contribution is 0.0816. The first kappa shape index (κ1) is 11.8. The maximum atomic E-state index is 11.6. The van der Waals surface area contributed by atoms with Crippen LogP contribution in [0.4, 0.5) is 5.95 Å². The summed E-state index contributed by atoms with van der Waals surface area (Å²) in [5.41, 5.74) is 1.42. The highest BCUT2D eigenvalue weighted by Gasteiger charge is 2.26. The van der Waals surface area contributed by atoms with Crippen molar-refractivity contribution in [2.45, 2.75) is 13.5 Å². The molecule has 2 rings (SSSR count). The molecule has 2 N–H and O–H groups in total. The van der Waals surface area contributed by atoms with Crippen LogP contribution in [0.25, 0.3) is 0 Å². The van der Waals surface area contributed by atoms with Gasteiger partial charge in [-0.05, 0) is 6.54 Å². The van der Waals surface area contributed by atoms with Crippen LogP contribution >= 0.6 is 0 Å². The summed E-state index contributed by atoms with van der Waals surface area (Å²) in [6.07, 6.45) is 1.60. The summed E-state index contributed by atoms with van der Waals surface area (Å²) in [5, 5.41) is 6.33. The summed E-state index contributed by atoms with van der Waals surface area (Å²) in [6.45, 7) is 5.23. The number of carbonyl (C=O) groups excluding carboxylic acids is 1. The average Bonchev–Trinajstić information content (AvgIpc) is 2.61. The predicted molar refractivity (Wildman–Crippen MR) is 64.9 cm³/mol. The minimum atomic E-state index is -0.000741. The number of rotatable bonds is 5. The van der Waals surface area contributed by atoms with E-state index in [1.54, 1.807) is 18.1 Å². The number of amides is 1. The van der Waals surface area contributed by atoms with Crippen molar-refractivity contribution in [3.8, 4) is 0 Å². The van der Waals surface area contributed by atoms with Gasteiger partial charge in [0.2, 0.25) is 5.95 Å². The Labute approximate surface area is 100 Å². The quantitative estimate of drug-likeness (QED) is 0.707. The van der Waals surface area contributed by atoms with Crippen LogP contribution in [0.2, 0.25) is 0 Å². The minimum Gasteiger partial charge on any atom is -0.353 e. The number of hydrogen-bond donors (Lipinski definition) is 2. The van der Waals surface area contributed by atoms with Crippen molar-refractivity contribution >= 4 is 11.9 Å². The van der Waals surface area contributed by atoms with Gasteiger partial charge in [0, 0.05) is 26.3 Å². The molecule has 1 aliphatic rings. The van der Waals surface area contributed by atoms with E-state index in [-0.39, 0.29) is 5.91 Å². The molecule has 6 heteroatoms. The Kier molecular flexibility index (Phi) is 3.53. The van der Waals surface area contributed by atoms with Crippen LogP contribution in [0.3, 0.4) is 0 Å². The van der Waals surface area contributed by atoms with E-state index >= 15 is 0 Å². The first-order chi connectivity index (χ1) is 8.22. The zero-order valence-corrected chi connectivity index (χ0v) is 10.2. The summed E-state index contributed by atoms with van der Waals surface area (Å²) in [4.78, 5) is 21.7. The molecule has 0 bridgehead atoms. The molecule has 92 valence electrons. The summed E-state index contributed by atoms with van der Waals surface area (Å²) >= 11 is 0. The van der Waals surface area contributed by atoms with Gasteiger partial charge in [0.05, 0.1) is 17.8 Å². The second-order valence-corrected chi connectivity index (χ2v) is 4.00. The lowest BCUT2D eigenvalue weighted by Crippen LogP contribution is -2.22. The molecule has 0 aromatic carbocycles. The van der Waals surface area contributed by atoms with Crippen molar-refractivity contribution in [1.29, 1.82) is 0 Å². The van der Waals surface area contributed by atoms with Crippen molar-refractivity contribution in [3.63, 3.8) is 0 Å². The lowest BCUT2D eigenvalue weighted by Gasteiger charge is -2.05. The molecule has 1 aromatic rings. The predicted octanol–water partition coefficient (Wildman–Crippen LogP) is 0.0836. The van der Waals surface area contributed by atoms with E-state index in [0.29, 0.717) is 18.1 Å². The van der Waals surface area contributed by atoms with Crippen molar-refractivity contribution in [3.05, 3.63) is 17.5 Å². The molecule has 1 aromatic heterocycles. The molecule has 2 heterocycles. The first-order valence-electron chi connectivity index (χ1n) is 5.78. The van der Waals surface area contributed by atoms with Crippen LogP contribution in [0.5, 0.6) is 0 Å². The number of aromatic nitrogens is 2. The fourth-order valence-corrected chi connectivity index (χ4v) is 1.74. The third-order valence-electron chi connectivity index (χ3n) is 2.67. The topological polar surface area (TPSA) is 70.2 Å². The van der Waals surface area contributed by atoms with E-state index < -0.39 is 0 Å². The monoisotopic (exact) mass is 235 g/mol. The van der Waals surface area contributed by atoms with Crippen LogP contribution < -0.4 is 10.6 Å². The molecule has 1 aliphatic heterocycles. The molecular weight excluding hydrogens is 218 g/mol. The molecule has 0 atom stereocenters. The molecule has 0 saturated carbocycles. The number of anilines is 1. The minimum absolute atomic E-state index is 0.000741. The SMILES string of the molecule is CCNCCNc1ncc2c(n1)CN(C)C2=O. The Balaban J connectivity index is 1.98. The van der Waals surface area contributed by atoms with Crippen LogP contribution in [-0.2, 0) is 6.54 Å². The standard InChI is InChI=1S/C11H17N5O/c1-3-12-4-5-13-11-14-6-8-9(15-11)7-16(2)10(8)17/h6,12H,3-5,7H2,1-2H3,(H,13,14,15). The fourth-order valence-electron chi connectivity index (χ4n) is 1.74. The van der Waals surface area contributed by atoms with Crippen molar-refractivity contribution in [2.24, 2.45) is 0 Å². The largest absolute Gasteiger partial charge is 0.353 e. The van der Waals surface area contributed by atoms with Gasteiger partial charge in [0.15, 0.2) is 0 Å². The van der Waals surface area contributed by atoms with Gasteiger partial charge in [-0.2, -0.15) is 0 Å². The fraction of sp³-hybridized carbons (Fsp3) is 0.545. The molecule has 17 heavy (non-hydrogen) atoms. The van der Waals surface area contributed by atoms with Crippen LogP contribution in [0.15, 0.2) is 6.20 Å². The number of likely N-dealkylation sites (N-methyl/N-ethyl adjacent to an activating group) is 1. The van der Waals surface area contributed by atoms with Gasteiger partial charge in [-0.15, -0.1) is 0 Å². The van der Waals surface area contributed by atoms with E-state index in [1.807, 2.05) is 0 Å². The molecular formula is C11H17N5O. The molecule has 1 amide bonds. The number of fused-ring (bicyclic) bond motifs is 1. The second-order valence-electron chi connectivity index (χ2n) is 4.00. The summed E-state index contributed by atoms with van der Waals surface area (Å²) in [5.74, 6) is 0.587. The highest BCUT2D eigenvalue weighted by Crippen LogP contribution is 2.19. The van der Waals surface area contributed by atoms with Crippen LogP contribution in [-0.4, -0.2) is 47.5 Å². The molecule has 0 unspecified atom stereocenters. The highest BCUT2D eigenvalue weighted by atomic mass is 16.2. The number of nitrogens with one attached hydrogen (secondary N) is 2. The Morgan fingerprint density at radius 3 is 3.06 bits per heavy atom. The van der Waals surface area contributed by atoms with E-state index in [2.05, 4.69) is 27.5 Å². The van der Waals surface area contributed by atoms with Gasteiger partial charge in [-0.25, -0.2) is 9.97 Å². The average molecular weight is 235 g/mol. The van der Waals surface area contributed by atoms with Gasteiger partial charge in [0.25, 0.3) is 5.91 Å². The molecule has 0 saturated heterocycles. The Bertz CT molecular complexity index is 420. The number of carbonyl (C=O) groups is 1. The molecule has 6 nitrogen and oxygen atoms in total. The lowest BCUT2D eigenvalue weighted by atomic mass is 10.3. The van der Waals surface area contributed by atoms with Crippen molar-refractivity contribution in [2.75, 3.05) is 32.0 Å². The zero-order valence-electron chi connectivity index (χ0n) is 10.2. The zero-order chi connectivity index (χ0) is 12.3. The molecule has 0 fully saturated rings. The van der Waals surface area contributed by atoms with E-state index in [4.69, 9.17) is 0 Å². The maximum absolute atomic E-state index is 11.6. The number of nitrogens with zero attached hydrogens (tertiary/aromatic N) is 3. The summed E-state index contributed by atoms with van der Waals surface area (Å²) in [7, 11) is 1.77. The normalized spacial score (nSPS) is 14.0. The van der Waals surface area contributed by atoms with E-state index in [0.717, 1.165) is 25.3 Å². The summed E-state index contributed by atoms with van der Waals surface area (Å²) < 4.78 is 0. The Morgan fingerprint density at radius 2 is 2.29 bits per heavy atom. The summed E-state index contributed by atoms with van der Waals surface area (Å²) in [6, 6.07) is 0. The van der Waals surface area contributed by atoms with Gasteiger partial charge >= 0.3 is 0 Å². The van der Waals surface area contributed by atoms with Gasteiger partial charge in [-0.3, -0.25) is 4.79 Å². The second kappa shape index (κ2) is 5.09. The highest BCUT2D eigenvalue weighted by molar-refractivity contribution is 5.97. The smallest absolute Gasteiger partial charge is 0.257 e. The Hall–Kier alpha value is -1.69. The first-order valence-corrected chi connectivity index (χ1v) is 5.78. The van der Waals surface area contributed by atoms with E-state index in [9.17, 15) is 4.79 Å². The van der Waals surface area contributed by atoms with Crippen LogP contribution in [0, 0.1) is 0 Å². The van der Waals surface area contributed by atoms with Gasteiger partial charge < -0.3 is 15.5 Å². The van der Waals surface area contributed by atoms with Gasteiger partial charge in [-0.1, -0.05) is 6.92 Å². The molecule has 0 spiro atoms. The maximum Gasteiger partial charge on any atom is 0.257 e. The third kappa shape index (κ3) is 2.52. The van der Waals surface area contributed by atoms with E-state index in [1.165, 1.54) is 0 Å². The third-order valence-corrected chi connectivity index (χ3v) is 2.67. The molecule has 0 aliphatic carbocycles. The molecule has 0 radical (unpaired) electrons. The van der Waals surface area contributed by atoms with Crippen LogP contribution in [0.1, 0.15) is 23.0 Å². The van der Waals surface area contributed by atoms with Gasteiger partial charge in [0.1, 0.15) is 0 Å².